The Morgan fingerprint density at radius 2 is 1.85 bits per heavy atom. The Morgan fingerprint density at radius 1 is 1.20 bits per heavy atom. The van der Waals surface area contributed by atoms with Crippen molar-refractivity contribution in [3.05, 3.63) is 34.9 Å². The predicted molar refractivity (Wildman–Crippen MR) is 85.0 cm³/mol. The lowest BCUT2D eigenvalue weighted by Gasteiger charge is -2.23. The molecule has 1 aromatic carbocycles. The van der Waals surface area contributed by atoms with Crippen LogP contribution in [-0.2, 0) is 4.79 Å². The van der Waals surface area contributed by atoms with Crippen molar-refractivity contribution in [1.82, 2.24) is 10.6 Å². The van der Waals surface area contributed by atoms with Gasteiger partial charge in [-0.3, -0.25) is 10.1 Å². The Kier molecular flexibility index (Phi) is 7.63. The molecule has 4 heteroatoms. The average molecular weight is 297 g/mol. The van der Waals surface area contributed by atoms with E-state index in [4.69, 9.17) is 11.6 Å². The summed E-state index contributed by atoms with van der Waals surface area (Å²) >= 11 is 5.92. The third-order valence-electron chi connectivity index (χ3n) is 3.24. The Labute approximate surface area is 127 Å². The maximum Gasteiger partial charge on any atom is 0.236 e. The molecule has 2 N–H and O–H groups in total. The van der Waals surface area contributed by atoms with Gasteiger partial charge in [-0.1, -0.05) is 44.0 Å². The Morgan fingerprint density at radius 3 is 2.40 bits per heavy atom. The molecular formula is C16H25ClN2O. The van der Waals surface area contributed by atoms with Crippen LogP contribution in [0.15, 0.2) is 24.3 Å². The minimum absolute atomic E-state index is 0.0573. The fourth-order valence-corrected chi connectivity index (χ4v) is 2.23. The Hall–Kier alpha value is -1.06. The molecule has 0 saturated carbocycles. The summed E-state index contributed by atoms with van der Waals surface area (Å²) in [7, 11) is 0. The quantitative estimate of drug-likeness (QED) is 0.768. The van der Waals surface area contributed by atoms with E-state index in [1.807, 2.05) is 38.1 Å². The van der Waals surface area contributed by atoms with Crippen molar-refractivity contribution in [2.24, 2.45) is 0 Å². The van der Waals surface area contributed by atoms with Gasteiger partial charge in [0.2, 0.25) is 5.91 Å². The summed E-state index contributed by atoms with van der Waals surface area (Å²) in [5.41, 5.74) is 1.17. The van der Waals surface area contributed by atoms with Crippen LogP contribution in [0.3, 0.4) is 0 Å². The zero-order valence-corrected chi connectivity index (χ0v) is 13.3. The van der Waals surface area contributed by atoms with E-state index in [0.29, 0.717) is 0 Å². The summed E-state index contributed by atoms with van der Waals surface area (Å²) < 4.78 is 0. The molecule has 0 aliphatic heterocycles. The summed E-state index contributed by atoms with van der Waals surface area (Å²) in [5.74, 6) is 0.0573. The number of nitrogens with one attached hydrogen (secondary N) is 2. The van der Waals surface area contributed by atoms with Crippen molar-refractivity contribution in [2.45, 2.75) is 52.1 Å². The van der Waals surface area contributed by atoms with Crippen LogP contribution in [0, 0.1) is 0 Å². The number of halogens is 1. The molecule has 0 fully saturated rings. The molecule has 2 unspecified atom stereocenters. The van der Waals surface area contributed by atoms with Gasteiger partial charge < -0.3 is 5.32 Å². The zero-order chi connectivity index (χ0) is 15.0. The van der Waals surface area contributed by atoms with E-state index in [-0.39, 0.29) is 18.0 Å². The molecule has 1 amide bonds. The van der Waals surface area contributed by atoms with Crippen molar-refractivity contribution in [1.29, 1.82) is 0 Å². The highest BCUT2D eigenvalue weighted by molar-refractivity contribution is 6.30. The first kappa shape index (κ1) is 17.0. The smallest absolute Gasteiger partial charge is 0.236 e. The van der Waals surface area contributed by atoms with E-state index in [1.165, 1.54) is 5.56 Å². The number of amides is 1. The highest BCUT2D eigenvalue weighted by Gasteiger charge is 2.18. The van der Waals surface area contributed by atoms with Crippen LogP contribution >= 0.6 is 11.6 Å². The molecule has 0 aliphatic carbocycles. The summed E-state index contributed by atoms with van der Waals surface area (Å²) in [6, 6.07) is 7.80. The molecule has 112 valence electrons. The van der Waals surface area contributed by atoms with Gasteiger partial charge in [0.05, 0.1) is 6.04 Å². The zero-order valence-electron chi connectivity index (χ0n) is 12.6. The first-order chi connectivity index (χ1) is 9.58. The van der Waals surface area contributed by atoms with Crippen LogP contribution in [0.1, 0.15) is 51.6 Å². The predicted octanol–water partition coefficient (Wildman–Crippen LogP) is 3.69. The SMILES string of the molecule is CCCNC(=O)C(C)NC(CCC)c1ccc(Cl)cc1. The molecule has 20 heavy (non-hydrogen) atoms. The number of rotatable bonds is 8. The van der Waals surface area contributed by atoms with Crippen LogP contribution in [0.2, 0.25) is 5.02 Å². The lowest BCUT2D eigenvalue weighted by Crippen LogP contribution is -2.43. The van der Waals surface area contributed by atoms with Crippen molar-refractivity contribution >= 4 is 17.5 Å². The van der Waals surface area contributed by atoms with Gasteiger partial charge >= 0.3 is 0 Å². The van der Waals surface area contributed by atoms with Gasteiger partial charge in [-0.25, -0.2) is 0 Å². The lowest BCUT2D eigenvalue weighted by molar-refractivity contribution is -0.122. The molecule has 3 nitrogen and oxygen atoms in total. The number of carbonyl (C=O) groups is 1. The minimum atomic E-state index is -0.200. The van der Waals surface area contributed by atoms with Crippen LogP contribution < -0.4 is 10.6 Å². The molecule has 0 saturated heterocycles. The van der Waals surface area contributed by atoms with E-state index in [0.717, 1.165) is 30.8 Å². The summed E-state index contributed by atoms with van der Waals surface area (Å²) in [6.45, 7) is 6.83. The molecule has 1 aromatic rings. The molecule has 0 heterocycles. The van der Waals surface area contributed by atoms with Gasteiger partial charge in [-0.2, -0.15) is 0 Å². The lowest BCUT2D eigenvalue weighted by atomic mass is 10.0. The van der Waals surface area contributed by atoms with E-state index in [1.54, 1.807) is 0 Å². The topological polar surface area (TPSA) is 41.1 Å². The molecule has 0 aromatic heterocycles. The molecule has 0 aliphatic rings. The first-order valence-corrected chi connectivity index (χ1v) is 7.75. The van der Waals surface area contributed by atoms with Gasteiger partial charge in [0, 0.05) is 17.6 Å². The molecular weight excluding hydrogens is 272 g/mol. The van der Waals surface area contributed by atoms with Gasteiger partial charge in [0.15, 0.2) is 0 Å². The maximum atomic E-state index is 11.9. The van der Waals surface area contributed by atoms with Crippen LogP contribution in [0.4, 0.5) is 0 Å². The van der Waals surface area contributed by atoms with E-state index >= 15 is 0 Å². The first-order valence-electron chi connectivity index (χ1n) is 7.37. The monoisotopic (exact) mass is 296 g/mol. The van der Waals surface area contributed by atoms with Gasteiger partial charge in [-0.05, 0) is 37.5 Å². The normalized spacial score (nSPS) is 13.8. The average Bonchev–Trinajstić information content (AvgIpc) is 2.45. The molecule has 0 bridgehead atoms. The number of hydrogen-bond donors (Lipinski definition) is 2. The number of hydrogen-bond acceptors (Lipinski definition) is 2. The third-order valence-corrected chi connectivity index (χ3v) is 3.50. The van der Waals surface area contributed by atoms with Crippen molar-refractivity contribution in [2.75, 3.05) is 6.54 Å². The largest absolute Gasteiger partial charge is 0.355 e. The second-order valence-corrected chi connectivity index (χ2v) is 5.51. The molecule has 0 radical (unpaired) electrons. The fraction of sp³-hybridized carbons (Fsp3) is 0.562. The molecule has 1 rings (SSSR count). The minimum Gasteiger partial charge on any atom is -0.355 e. The van der Waals surface area contributed by atoms with Crippen LogP contribution in [-0.4, -0.2) is 18.5 Å². The highest BCUT2D eigenvalue weighted by Crippen LogP contribution is 2.21. The highest BCUT2D eigenvalue weighted by atomic mass is 35.5. The maximum absolute atomic E-state index is 11.9. The second-order valence-electron chi connectivity index (χ2n) is 5.07. The fourth-order valence-electron chi connectivity index (χ4n) is 2.11. The molecule has 0 spiro atoms. The van der Waals surface area contributed by atoms with Crippen LogP contribution in [0.25, 0.3) is 0 Å². The Balaban J connectivity index is 2.66. The van der Waals surface area contributed by atoms with Gasteiger partial charge in [0.25, 0.3) is 0 Å². The van der Waals surface area contributed by atoms with Crippen molar-refractivity contribution < 1.29 is 4.79 Å². The third kappa shape index (κ3) is 5.51. The summed E-state index contributed by atoms with van der Waals surface area (Å²) in [5, 5.41) is 7.06. The second kappa shape index (κ2) is 8.98. The number of benzene rings is 1. The van der Waals surface area contributed by atoms with Gasteiger partial charge in [-0.15, -0.1) is 0 Å². The summed E-state index contributed by atoms with van der Waals surface area (Å²) in [6.07, 6.45) is 3.00. The van der Waals surface area contributed by atoms with Crippen molar-refractivity contribution in [3.63, 3.8) is 0 Å². The van der Waals surface area contributed by atoms with E-state index in [9.17, 15) is 4.79 Å². The van der Waals surface area contributed by atoms with Gasteiger partial charge in [0.1, 0.15) is 0 Å². The standard InChI is InChI=1S/C16H25ClN2O/c1-4-6-15(13-7-9-14(17)10-8-13)19-12(3)16(20)18-11-5-2/h7-10,12,15,19H,4-6,11H2,1-3H3,(H,18,20). The number of carbonyl (C=O) groups excluding carboxylic acids is 1. The van der Waals surface area contributed by atoms with Crippen LogP contribution in [0.5, 0.6) is 0 Å². The summed E-state index contributed by atoms with van der Waals surface area (Å²) in [4.78, 5) is 11.9. The van der Waals surface area contributed by atoms with Crippen molar-refractivity contribution in [3.8, 4) is 0 Å². The molecule has 2 atom stereocenters. The Bertz CT molecular complexity index is 405. The van der Waals surface area contributed by atoms with E-state index < -0.39 is 0 Å². The van der Waals surface area contributed by atoms with E-state index in [2.05, 4.69) is 17.6 Å².